The quantitative estimate of drug-likeness (QED) is 0.817. The SMILES string of the molecule is CN(C)/C=C1\CCc2nn(C)c(Cc3ccccc3)c2C1=O. The van der Waals surface area contributed by atoms with Crippen LogP contribution < -0.4 is 0 Å². The number of Topliss-reactive ketones (excluding diaryl/α,β-unsaturated/α-hetero) is 1. The van der Waals surface area contributed by atoms with Gasteiger partial charge in [0.05, 0.1) is 17.0 Å². The summed E-state index contributed by atoms with van der Waals surface area (Å²) in [5.41, 5.74) is 4.83. The summed E-state index contributed by atoms with van der Waals surface area (Å²) >= 11 is 0. The number of rotatable bonds is 3. The number of carbonyl (C=O) groups excluding carboxylic acids is 1. The number of aromatic nitrogens is 2. The zero-order chi connectivity index (χ0) is 15.7. The van der Waals surface area contributed by atoms with Crippen LogP contribution in [0, 0.1) is 0 Å². The Morgan fingerprint density at radius 1 is 1.23 bits per heavy atom. The normalized spacial score (nSPS) is 16.0. The molecule has 0 N–H and O–H groups in total. The maximum Gasteiger partial charge on any atom is 0.194 e. The highest BCUT2D eigenvalue weighted by atomic mass is 16.1. The van der Waals surface area contributed by atoms with Gasteiger partial charge in [-0.05, 0) is 18.4 Å². The zero-order valence-corrected chi connectivity index (χ0v) is 13.3. The van der Waals surface area contributed by atoms with E-state index < -0.39 is 0 Å². The van der Waals surface area contributed by atoms with Crippen molar-refractivity contribution >= 4 is 5.78 Å². The molecule has 4 heteroatoms. The fourth-order valence-corrected chi connectivity index (χ4v) is 3.01. The molecule has 0 aliphatic heterocycles. The van der Waals surface area contributed by atoms with E-state index >= 15 is 0 Å². The second-order valence-electron chi connectivity index (χ2n) is 6.00. The van der Waals surface area contributed by atoms with Crippen LogP contribution in [0.4, 0.5) is 0 Å². The van der Waals surface area contributed by atoms with Crippen molar-refractivity contribution in [2.45, 2.75) is 19.3 Å². The molecule has 1 aromatic carbocycles. The molecule has 4 nitrogen and oxygen atoms in total. The molecular formula is C18H21N3O. The minimum atomic E-state index is 0.133. The lowest BCUT2D eigenvalue weighted by Crippen LogP contribution is -2.17. The monoisotopic (exact) mass is 295 g/mol. The molecule has 0 saturated heterocycles. The molecule has 0 radical (unpaired) electrons. The van der Waals surface area contributed by atoms with E-state index in [-0.39, 0.29) is 5.78 Å². The third-order valence-corrected chi connectivity index (χ3v) is 4.02. The molecule has 22 heavy (non-hydrogen) atoms. The highest BCUT2D eigenvalue weighted by Crippen LogP contribution is 2.28. The lowest BCUT2D eigenvalue weighted by molar-refractivity contribution is 0.102. The first-order valence-electron chi connectivity index (χ1n) is 7.56. The molecule has 3 rings (SSSR count). The van der Waals surface area contributed by atoms with Gasteiger partial charge in [0.25, 0.3) is 0 Å². The molecule has 0 amide bonds. The van der Waals surface area contributed by atoms with Gasteiger partial charge in [0.2, 0.25) is 0 Å². The molecule has 0 saturated carbocycles. The van der Waals surface area contributed by atoms with E-state index in [1.807, 2.05) is 55.1 Å². The van der Waals surface area contributed by atoms with Crippen molar-refractivity contribution in [1.29, 1.82) is 0 Å². The highest BCUT2D eigenvalue weighted by Gasteiger charge is 2.29. The first-order chi connectivity index (χ1) is 10.6. The Bertz CT molecular complexity index is 726. The molecule has 0 fully saturated rings. The van der Waals surface area contributed by atoms with E-state index in [1.165, 1.54) is 5.56 Å². The van der Waals surface area contributed by atoms with Crippen molar-refractivity contribution in [2.75, 3.05) is 14.1 Å². The topological polar surface area (TPSA) is 38.1 Å². The van der Waals surface area contributed by atoms with Gasteiger partial charge in [-0.25, -0.2) is 0 Å². The van der Waals surface area contributed by atoms with Gasteiger partial charge >= 0.3 is 0 Å². The summed E-state index contributed by atoms with van der Waals surface area (Å²) in [5.74, 6) is 0.133. The van der Waals surface area contributed by atoms with Crippen LogP contribution in [0.15, 0.2) is 42.1 Å². The van der Waals surface area contributed by atoms with Crippen LogP contribution in [-0.2, 0) is 19.9 Å². The number of aryl methyl sites for hydroxylation is 2. The summed E-state index contributed by atoms with van der Waals surface area (Å²) < 4.78 is 1.87. The molecule has 1 aromatic heterocycles. The third-order valence-electron chi connectivity index (χ3n) is 4.02. The number of allylic oxidation sites excluding steroid dienone is 1. The van der Waals surface area contributed by atoms with E-state index in [1.54, 1.807) is 0 Å². The number of benzene rings is 1. The Hall–Kier alpha value is -2.36. The maximum absolute atomic E-state index is 12.8. The summed E-state index contributed by atoms with van der Waals surface area (Å²) in [6.07, 6.45) is 4.28. The zero-order valence-electron chi connectivity index (χ0n) is 13.3. The molecule has 1 aliphatic carbocycles. The summed E-state index contributed by atoms with van der Waals surface area (Å²) in [4.78, 5) is 14.8. The van der Waals surface area contributed by atoms with Gasteiger partial charge in [0.15, 0.2) is 5.78 Å². The van der Waals surface area contributed by atoms with Crippen LogP contribution in [0.2, 0.25) is 0 Å². The molecule has 1 aliphatic rings. The smallest absolute Gasteiger partial charge is 0.194 e. The molecule has 1 heterocycles. The molecule has 0 spiro atoms. The van der Waals surface area contributed by atoms with E-state index in [0.717, 1.165) is 41.8 Å². The van der Waals surface area contributed by atoms with Crippen molar-refractivity contribution in [3.8, 4) is 0 Å². The van der Waals surface area contributed by atoms with Gasteiger partial charge in [-0.15, -0.1) is 0 Å². The number of hydrogen-bond acceptors (Lipinski definition) is 3. The van der Waals surface area contributed by atoms with Crippen LogP contribution in [-0.4, -0.2) is 34.6 Å². The van der Waals surface area contributed by atoms with E-state index in [2.05, 4.69) is 17.2 Å². The summed E-state index contributed by atoms with van der Waals surface area (Å²) in [6, 6.07) is 10.2. The Kier molecular flexibility index (Phi) is 3.84. The second-order valence-corrected chi connectivity index (χ2v) is 6.00. The standard InChI is InChI=1S/C18H21N3O/c1-20(2)12-14-9-10-15-17(18(14)22)16(21(3)19-15)11-13-7-5-4-6-8-13/h4-8,12H,9-11H2,1-3H3/b14-12+. The number of hydrogen-bond donors (Lipinski definition) is 0. The van der Waals surface area contributed by atoms with Crippen LogP contribution in [0.5, 0.6) is 0 Å². The predicted octanol–water partition coefficient (Wildman–Crippen LogP) is 2.59. The summed E-state index contributed by atoms with van der Waals surface area (Å²) in [6.45, 7) is 0. The fraction of sp³-hybridized carbons (Fsp3) is 0.333. The summed E-state index contributed by atoms with van der Waals surface area (Å²) in [7, 11) is 5.83. The predicted molar refractivity (Wildman–Crippen MR) is 86.9 cm³/mol. The van der Waals surface area contributed by atoms with Gasteiger partial charge < -0.3 is 4.90 Å². The average Bonchev–Trinajstić information content (AvgIpc) is 2.80. The molecule has 2 aromatic rings. The highest BCUT2D eigenvalue weighted by molar-refractivity contribution is 6.11. The van der Waals surface area contributed by atoms with E-state index in [4.69, 9.17) is 0 Å². The maximum atomic E-state index is 12.8. The number of carbonyl (C=O) groups is 1. The number of nitrogens with zero attached hydrogens (tertiary/aromatic N) is 3. The van der Waals surface area contributed by atoms with Gasteiger partial charge in [-0.3, -0.25) is 9.48 Å². The van der Waals surface area contributed by atoms with Crippen molar-refractivity contribution in [3.05, 3.63) is 64.6 Å². The van der Waals surface area contributed by atoms with E-state index in [0.29, 0.717) is 0 Å². The first kappa shape index (κ1) is 14.6. The summed E-state index contributed by atoms with van der Waals surface area (Å²) in [5, 5.41) is 4.57. The van der Waals surface area contributed by atoms with Crippen LogP contribution in [0.1, 0.15) is 33.7 Å². The fourth-order valence-electron chi connectivity index (χ4n) is 3.01. The molecule has 114 valence electrons. The largest absolute Gasteiger partial charge is 0.383 e. The van der Waals surface area contributed by atoms with Gasteiger partial charge in [0.1, 0.15) is 0 Å². The molecule has 0 unspecified atom stereocenters. The molecule has 0 bridgehead atoms. The van der Waals surface area contributed by atoms with Crippen molar-refractivity contribution in [2.24, 2.45) is 7.05 Å². The average molecular weight is 295 g/mol. The van der Waals surface area contributed by atoms with Crippen molar-refractivity contribution in [1.82, 2.24) is 14.7 Å². The number of fused-ring (bicyclic) bond motifs is 1. The van der Waals surface area contributed by atoms with Crippen LogP contribution in [0.25, 0.3) is 0 Å². The minimum absolute atomic E-state index is 0.133. The molecular weight excluding hydrogens is 274 g/mol. The van der Waals surface area contributed by atoms with Crippen LogP contribution in [0.3, 0.4) is 0 Å². The first-order valence-corrected chi connectivity index (χ1v) is 7.56. The Morgan fingerprint density at radius 3 is 2.64 bits per heavy atom. The third kappa shape index (κ3) is 2.69. The Labute approximate surface area is 131 Å². The Morgan fingerprint density at radius 2 is 1.95 bits per heavy atom. The van der Waals surface area contributed by atoms with E-state index in [9.17, 15) is 4.79 Å². The van der Waals surface area contributed by atoms with Crippen LogP contribution >= 0.6 is 0 Å². The van der Waals surface area contributed by atoms with Crippen molar-refractivity contribution in [3.63, 3.8) is 0 Å². The van der Waals surface area contributed by atoms with Gasteiger partial charge in [0, 0.05) is 39.3 Å². The second kappa shape index (κ2) is 5.79. The molecule has 0 atom stereocenters. The van der Waals surface area contributed by atoms with Gasteiger partial charge in [-0.2, -0.15) is 5.10 Å². The van der Waals surface area contributed by atoms with Crippen molar-refractivity contribution < 1.29 is 4.79 Å². The Balaban J connectivity index is 2.01. The lowest BCUT2D eigenvalue weighted by atomic mass is 9.89. The lowest BCUT2D eigenvalue weighted by Gasteiger charge is -2.16. The van der Waals surface area contributed by atoms with Gasteiger partial charge in [-0.1, -0.05) is 30.3 Å². The number of ketones is 1. The minimum Gasteiger partial charge on any atom is -0.383 e.